The number of esters is 1. The molecule has 1 aromatic heterocycles. The SMILES string of the molecule is CCOC(=O)c1nn(-c2ccc(Cl)cc2Cl)c2c1CCCc1c(Cl)cccc1-2. The number of aromatic nitrogens is 2. The lowest BCUT2D eigenvalue weighted by Gasteiger charge is -2.13. The number of carbonyl (C=O) groups is 1. The second-order valence-electron chi connectivity index (χ2n) is 6.52. The van der Waals surface area contributed by atoms with Gasteiger partial charge in [0.1, 0.15) is 0 Å². The average molecular weight is 436 g/mol. The maximum atomic E-state index is 12.6. The van der Waals surface area contributed by atoms with E-state index in [0.717, 1.165) is 35.2 Å². The van der Waals surface area contributed by atoms with E-state index in [-0.39, 0.29) is 6.61 Å². The average Bonchev–Trinajstić information content (AvgIpc) is 2.91. The summed E-state index contributed by atoms with van der Waals surface area (Å²) in [6.07, 6.45) is 2.37. The molecule has 4 rings (SSSR count). The largest absolute Gasteiger partial charge is 0.461 e. The second kappa shape index (κ2) is 7.78. The van der Waals surface area contributed by atoms with E-state index < -0.39 is 5.97 Å². The van der Waals surface area contributed by atoms with Crippen LogP contribution >= 0.6 is 34.8 Å². The smallest absolute Gasteiger partial charge is 0.359 e. The third-order valence-corrected chi connectivity index (χ3v) is 5.71. The third-order valence-electron chi connectivity index (χ3n) is 4.82. The summed E-state index contributed by atoms with van der Waals surface area (Å²) in [5.74, 6) is -0.437. The first-order chi connectivity index (χ1) is 13.5. The van der Waals surface area contributed by atoms with Crippen LogP contribution < -0.4 is 0 Å². The number of hydrogen-bond donors (Lipinski definition) is 0. The molecule has 1 heterocycles. The van der Waals surface area contributed by atoms with Crippen molar-refractivity contribution in [3.05, 3.63) is 68.3 Å². The Morgan fingerprint density at radius 3 is 2.64 bits per heavy atom. The third kappa shape index (κ3) is 3.30. The van der Waals surface area contributed by atoms with Gasteiger partial charge in [0, 0.05) is 21.2 Å². The zero-order valence-corrected chi connectivity index (χ0v) is 17.4. The Morgan fingerprint density at radius 1 is 1.11 bits per heavy atom. The van der Waals surface area contributed by atoms with Crippen molar-refractivity contribution in [2.75, 3.05) is 6.61 Å². The molecule has 0 unspecified atom stereocenters. The zero-order valence-electron chi connectivity index (χ0n) is 15.1. The summed E-state index contributed by atoms with van der Waals surface area (Å²) in [5, 5.41) is 6.29. The van der Waals surface area contributed by atoms with Crippen molar-refractivity contribution in [2.45, 2.75) is 26.2 Å². The van der Waals surface area contributed by atoms with Crippen LogP contribution in [-0.2, 0) is 17.6 Å². The Hall–Kier alpha value is -2.01. The van der Waals surface area contributed by atoms with Crippen molar-refractivity contribution in [3.63, 3.8) is 0 Å². The van der Waals surface area contributed by atoms with E-state index in [9.17, 15) is 4.79 Å². The van der Waals surface area contributed by atoms with Gasteiger partial charge in [-0.3, -0.25) is 0 Å². The van der Waals surface area contributed by atoms with E-state index in [4.69, 9.17) is 39.5 Å². The molecule has 0 saturated carbocycles. The van der Waals surface area contributed by atoms with Crippen LogP contribution in [0.3, 0.4) is 0 Å². The fourth-order valence-corrected chi connectivity index (χ4v) is 4.39. The molecule has 28 heavy (non-hydrogen) atoms. The lowest BCUT2D eigenvalue weighted by molar-refractivity contribution is 0.0517. The molecule has 1 aliphatic rings. The van der Waals surface area contributed by atoms with E-state index in [0.29, 0.717) is 32.9 Å². The normalized spacial score (nSPS) is 12.9. The van der Waals surface area contributed by atoms with Crippen molar-refractivity contribution in [1.82, 2.24) is 9.78 Å². The van der Waals surface area contributed by atoms with Crippen LogP contribution in [-0.4, -0.2) is 22.4 Å². The van der Waals surface area contributed by atoms with Crippen molar-refractivity contribution < 1.29 is 9.53 Å². The first-order valence-corrected chi connectivity index (χ1v) is 10.2. The number of benzene rings is 2. The standard InChI is InChI=1S/C21H17Cl3N2O2/c1-2-28-21(27)19-15-7-3-5-13-14(6-4-8-16(13)23)20(15)26(25-19)18-10-9-12(22)11-17(18)24/h4,6,8-11H,2-3,5,7H2,1H3. The molecular weight excluding hydrogens is 419 g/mol. The fraction of sp³-hybridized carbons (Fsp3) is 0.238. The lowest BCUT2D eigenvalue weighted by Crippen LogP contribution is -2.09. The Kier molecular flexibility index (Phi) is 5.37. The number of ether oxygens (including phenoxy) is 1. The van der Waals surface area contributed by atoms with E-state index in [1.54, 1.807) is 29.8 Å². The lowest BCUT2D eigenvalue weighted by atomic mass is 10.0. The van der Waals surface area contributed by atoms with Gasteiger partial charge in [-0.05, 0) is 56.0 Å². The summed E-state index contributed by atoms with van der Waals surface area (Å²) in [6, 6.07) is 11.0. The predicted molar refractivity (Wildman–Crippen MR) is 112 cm³/mol. The summed E-state index contributed by atoms with van der Waals surface area (Å²) in [4.78, 5) is 12.6. The molecule has 7 heteroatoms. The number of rotatable bonds is 3. The highest BCUT2D eigenvalue weighted by Gasteiger charge is 2.29. The Labute approximate surface area is 178 Å². The maximum Gasteiger partial charge on any atom is 0.359 e. The van der Waals surface area contributed by atoms with E-state index in [1.165, 1.54) is 0 Å². The highest BCUT2D eigenvalue weighted by Crippen LogP contribution is 2.40. The summed E-state index contributed by atoms with van der Waals surface area (Å²) >= 11 is 19.0. The maximum absolute atomic E-state index is 12.6. The quantitative estimate of drug-likeness (QED) is 0.462. The molecule has 1 aliphatic carbocycles. The van der Waals surface area contributed by atoms with Crippen LogP contribution in [0.5, 0.6) is 0 Å². The molecule has 4 nitrogen and oxygen atoms in total. The minimum atomic E-state index is -0.437. The summed E-state index contributed by atoms with van der Waals surface area (Å²) in [6.45, 7) is 2.06. The molecule has 0 atom stereocenters. The molecule has 144 valence electrons. The Balaban J connectivity index is 2.04. The summed E-state index contributed by atoms with van der Waals surface area (Å²) in [5.41, 5.74) is 4.63. The van der Waals surface area contributed by atoms with Gasteiger partial charge in [0.05, 0.1) is 23.0 Å². The van der Waals surface area contributed by atoms with E-state index >= 15 is 0 Å². The van der Waals surface area contributed by atoms with Gasteiger partial charge >= 0.3 is 5.97 Å². The van der Waals surface area contributed by atoms with Crippen LogP contribution in [0.25, 0.3) is 16.9 Å². The molecule has 0 fully saturated rings. The molecule has 0 aliphatic heterocycles. The first-order valence-electron chi connectivity index (χ1n) is 9.03. The second-order valence-corrected chi connectivity index (χ2v) is 7.77. The van der Waals surface area contributed by atoms with Crippen LogP contribution in [0.1, 0.15) is 35.0 Å². The van der Waals surface area contributed by atoms with Crippen molar-refractivity contribution >= 4 is 40.8 Å². The number of nitrogens with zero attached hydrogens (tertiary/aromatic N) is 2. The van der Waals surface area contributed by atoms with Crippen molar-refractivity contribution in [1.29, 1.82) is 0 Å². The minimum absolute atomic E-state index is 0.282. The Morgan fingerprint density at radius 2 is 1.89 bits per heavy atom. The summed E-state index contributed by atoms with van der Waals surface area (Å²) in [7, 11) is 0. The molecule has 0 spiro atoms. The molecule has 0 radical (unpaired) electrons. The van der Waals surface area contributed by atoms with Gasteiger partial charge < -0.3 is 4.74 Å². The fourth-order valence-electron chi connectivity index (χ4n) is 3.63. The highest BCUT2D eigenvalue weighted by atomic mass is 35.5. The van der Waals surface area contributed by atoms with Gasteiger partial charge in [0.15, 0.2) is 5.69 Å². The van der Waals surface area contributed by atoms with Gasteiger partial charge in [0.25, 0.3) is 0 Å². The molecule has 0 saturated heterocycles. The zero-order chi connectivity index (χ0) is 19.8. The van der Waals surface area contributed by atoms with Crippen LogP contribution in [0.2, 0.25) is 15.1 Å². The molecule has 0 N–H and O–H groups in total. The molecular formula is C21H17Cl3N2O2. The van der Waals surface area contributed by atoms with Gasteiger partial charge in [-0.25, -0.2) is 9.48 Å². The highest BCUT2D eigenvalue weighted by molar-refractivity contribution is 6.35. The number of carbonyl (C=O) groups excluding carboxylic acids is 1. The predicted octanol–water partition coefficient (Wildman–Crippen LogP) is 6.16. The van der Waals surface area contributed by atoms with Crippen molar-refractivity contribution in [2.24, 2.45) is 0 Å². The first kappa shape index (κ1) is 19.3. The van der Waals surface area contributed by atoms with Gasteiger partial charge in [-0.2, -0.15) is 5.10 Å². The minimum Gasteiger partial charge on any atom is -0.461 e. The topological polar surface area (TPSA) is 44.1 Å². The molecule has 0 amide bonds. The van der Waals surface area contributed by atoms with E-state index in [2.05, 4.69) is 5.10 Å². The van der Waals surface area contributed by atoms with Crippen molar-refractivity contribution in [3.8, 4) is 16.9 Å². The van der Waals surface area contributed by atoms with Gasteiger partial charge in [0.2, 0.25) is 0 Å². The van der Waals surface area contributed by atoms with Crippen LogP contribution in [0.15, 0.2) is 36.4 Å². The monoisotopic (exact) mass is 434 g/mol. The van der Waals surface area contributed by atoms with Gasteiger partial charge in [-0.1, -0.05) is 46.9 Å². The number of hydrogen-bond acceptors (Lipinski definition) is 3. The van der Waals surface area contributed by atoms with Crippen LogP contribution in [0.4, 0.5) is 0 Å². The summed E-state index contributed by atoms with van der Waals surface area (Å²) < 4.78 is 6.96. The molecule has 3 aromatic rings. The van der Waals surface area contributed by atoms with Crippen LogP contribution in [0, 0.1) is 0 Å². The number of halogens is 3. The Bertz CT molecular complexity index is 1080. The number of fused-ring (bicyclic) bond motifs is 3. The molecule has 2 aromatic carbocycles. The molecule has 0 bridgehead atoms. The van der Waals surface area contributed by atoms with E-state index in [1.807, 2.05) is 18.2 Å². The van der Waals surface area contributed by atoms with Gasteiger partial charge in [-0.15, -0.1) is 0 Å².